The number of unbranched alkanes of at least 4 members (excludes halogenated alkanes) is 1. The van der Waals surface area contributed by atoms with E-state index >= 15 is 0 Å². The highest BCUT2D eigenvalue weighted by Gasteiger charge is 2.46. The normalized spacial score (nSPS) is 19.7. The van der Waals surface area contributed by atoms with E-state index in [1.54, 1.807) is 13.2 Å². The van der Waals surface area contributed by atoms with Crippen LogP contribution in [0.5, 0.6) is 11.6 Å². The summed E-state index contributed by atoms with van der Waals surface area (Å²) in [5.41, 5.74) is 1.17. The largest absolute Gasteiger partial charge is 0.497 e. The van der Waals surface area contributed by atoms with Gasteiger partial charge in [0.1, 0.15) is 35.7 Å². The van der Waals surface area contributed by atoms with Crippen molar-refractivity contribution >= 4 is 35.1 Å². The minimum absolute atomic E-state index is 0.0977. The molecule has 11 heteroatoms. The van der Waals surface area contributed by atoms with E-state index in [0.717, 1.165) is 25.7 Å². The molecule has 1 saturated carbocycles. The highest BCUT2D eigenvalue weighted by molar-refractivity contribution is 5.91. The third kappa shape index (κ3) is 7.45. The highest BCUT2D eigenvalue weighted by atomic mass is 16.6. The van der Waals surface area contributed by atoms with Gasteiger partial charge in [0.25, 0.3) is 0 Å². The summed E-state index contributed by atoms with van der Waals surface area (Å²) in [6.07, 6.45) is 6.22. The number of esters is 1. The van der Waals surface area contributed by atoms with Crippen molar-refractivity contribution in [2.24, 2.45) is 5.41 Å². The van der Waals surface area contributed by atoms with Gasteiger partial charge in [0.15, 0.2) is 0 Å². The van der Waals surface area contributed by atoms with E-state index in [2.05, 4.69) is 12.2 Å². The van der Waals surface area contributed by atoms with Gasteiger partial charge in [-0.25, -0.2) is 19.6 Å². The fourth-order valence-corrected chi connectivity index (χ4v) is 4.66. The molecular weight excluding hydrogens is 528 g/mol. The molecule has 2 fully saturated rings. The third-order valence-corrected chi connectivity index (χ3v) is 7.07. The monoisotopic (exact) mass is 568 g/mol. The first-order chi connectivity index (χ1) is 19.5. The summed E-state index contributed by atoms with van der Waals surface area (Å²) in [5.74, 6) is -0.0462. The second-order valence-electron chi connectivity index (χ2n) is 11.5. The molecule has 4 rings (SSSR count). The van der Waals surface area contributed by atoms with Gasteiger partial charge in [0, 0.05) is 12.5 Å². The molecule has 1 aromatic carbocycles. The molecule has 2 aromatic rings. The van der Waals surface area contributed by atoms with E-state index in [-0.39, 0.29) is 19.1 Å². The Morgan fingerprint density at radius 2 is 1.88 bits per heavy atom. The first-order valence-electron chi connectivity index (χ1n) is 14.1. The molecule has 1 aliphatic carbocycles. The summed E-state index contributed by atoms with van der Waals surface area (Å²) in [4.78, 5) is 50.1. The van der Waals surface area contributed by atoms with E-state index in [1.165, 1.54) is 12.0 Å². The molecule has 2 aliphatic rings. The zero-order valence-corrected chi connectivity index (χ0v) is 24.6. The molecule has 2 heterocycles. The van der Waals surface area contributed by atoms with Crippen molar-refractivity contribution in [3.8, 4) is 11.6 Å². The molecule has 1 aliphatic heterocycles. The van der Waals surface area contributed by atoms with Gasteiger partial charge in [-0.15, -0.1) is 0 Å². The number of benzene rings is 1. The summed E-state index contributed by atoms with van der Waals surface area (Å²) >= 11 is 0. The number of nitrogens with zero attached hydrogens (tertiary/aromatic N) is 3. The highest BCUT2D eigenvalue weighted by Crippen LogP contribution is 2.31. The van der Waals surface area contributed by atoms with Gasteiger partial charge < -0.3 is 29.2 Å². The van der Waals surface area contributed by atoms with Crippen LogP contribution in [0.3, 0.4) is 0 Å². The van der Waals surface area contributed by atoms with Gasteiger partial charge >= 0.3 is 12.1 Å². The molecule has 1 aromatic heterocycles. The minimum Gasteiger partial charge on any atom is -0.497 e. The Morgan fingerprint density at radius 1 is 1.12 bits per heavy atom. The maximum atomic E-state index is 13.9. The quantitative estimate of drug-likeness (QED) is 0.418. The van der Waals surface area contributed by atoms with Crippen molar-refractivity contribution in [2.45, 2.75) is 84.1 Å². The lowest BCUT2D eigenvalue weighted by molar-refractivity contribution is -0.152. The second-order valence-corrected chi connectivity index (χ2v) is 11.5. The molecule has 3 atom stereocenters. The standard InChI is InChI=1S/C30H40N4O7/c1-7-8-9-10-22-26(32-23-15-19(38-5)13-14-21(23)31-22)40-20-16-24(28(36)39-6)34(17-20)27(35)25(30(2,3)4)33-29(37)41-18-11-12-18/h9-10,13-15,18,20,24-25H,7-8,11-12,16-17H2,1-6H3,(H,33,37)/b10-9+/t20-,24+,25-/m1/s1. The molecule has 1 N–H and O–H groups in total. The number of methoxy groups -OCH3 is 2. The number of aromatic nitrogens is 2. The fourth-order valence-electron chi connectivity index (χ4n) is 4.66. The van der Waals surface area contributed by atoms with Gasteiger partial charge in [-0.2, -0.15) is 0 Å². The first kappa shape index (κ1) is 30.1. The minimum atomic E-state index is -0.930. The van der Waals surface area contributed by atoms with Crippen LogP contribution in [0, 0.1) is 5.41 Å². The number of ether oxygens (including phenoxy) is 4. The second kappa shape index (κ2) is 12.7. The zero-order chi connectivity index (χ0) is 29.7. The third-order valence-electron chi connectivity index (χ3n) is 7.07. The van der Waals surface area contributed by atoms with Gasteiger partial charge in [-0.3, -0.25) is 4.79 Å². The predicted octanol–water partition coefficient (Wildman–Crippen LogP) is 4.28. The molecule has 0 unspecified atom stereocenters. The molecule has 11 nitrogen and oxygen atoms in total. The topological polar surface area (TPSA) is 129 Å². The summed E-state index contributed by atoms with van der Waals surface area (Å²) < 4.78 is 22.1. The molecule has 1 saturated heterocycles. The van der Waals surface area contributed by atoms with Crippen LogP contribution in [-0.2, 0) is 19.1 Å². The number of allylic oxidation sites excluding steroid dienone is 1. The summed E-state index contributed by atoms with van der Waals surface area (Å²) in [6, 6.07) is 3.60. The average Bonchev–Trinajstić information content (AvgIpc) is 3.65. The zero-order valence-electron chi connectivity index (χ0n) is 24.6. The van der Waals surface area contributed by atoms with E-state index < -0.39 is 41.6 Å². The Hall–Kier alpha value is -3.89. The van der Waals surface area contributed by atoms with Gasteiger partial charge in [-0.05, 0) is 42.9 Å². The van der Waals surface area contributed by atoms with Crippen LogP contribution >= 0.6 is 0 Å². The lowest BCUT2D eigenvalue weighted by atomic mass is 9.85. The van der Waals surface area contributed by atoms with Crippen LogP contribution in [0.15, 0.2) is 24.3 Å². The van der Waals surface area contributed by atoms with Crippen molar-refractivity contribution in [1.29, 1.82) is 0 Å². The van der Waals surface area contributed by atoms with E-state index in [0.29, 0.717) is 28.4 Å². The summed E-state index contributed by atoms with van der Waals surface area (Å²) in [6.45, 7) is 7.72. The maximum absolute atomic E-state index is 13.9. The number of fused-ring (bicyclic) bond motifs is 1. The van der Waals surface area contributed by atoms with Crippen molar-refractivity contribution in [2.75, 3.05) is 20.8 Å². The maximum Gasteiger partial charge on any atom is 0.408 e. The van der Waals surface area contributed by atoms with Crippen LogP contribution in [-0.4, -0.2) is 77.9 Å². The Labute approximate surface area is 240 Å². The van der Waals surface area contributed by atoms with Gasteiger partial charge in [-0.1, -0.05) is 40.2 Å². The fraction of sp³-hybridized carbons (Fsp3) is 0.567. The molecule has 0 radical (unpaired) electrons. The van der Waals surface area contributed by atoms with Crippen molar-refractivity contribution in [3.05, 3.63) is 30.0 Å². The number of amides is 2. The molecular formula is C30H40N4O7. The number of hydrogen-bond acceptors (Lipinski definition) is 9. The van der Waals surface area contributed by atoms with Crippen LogP contribution in [0.2, 0.25) is 0 Å². The van der Waals surface area contributed by atoms with E-state index in [1.807, 2.05) is 45.1 Å². The van der Waals surface area contributed by atoms with Gasteiger partial charge in [0.2, 0.25) is 11.8 Å². The van der Waals surface area contributed by atoms with Gasteiger partial charge in [0.05, 0.1) is 31.8 Å². The number of likely N-dealkylation sites (tertiary alicyclic amines) is 1. The lowest BCUT2D eigenvalue weighted by Gasteiger charge is -2.34. The Kier molecular flexibility index (Phi) is 9.35. The number of carbonyl (C=O) groups is 3. The Bertz CT molecular complexity index is 1300. The van der Waals surface area contributed by atoms with E-state index in [9.17, 15) is 14.4 Å². The van der Waals surface area contributed by atoms with E-state index in [4.69, 9.17) is 28.9 Å². The summed E-state index contributed by atoms with van der Waals surface area (Å²) in [7, 11) is 2.86. The molecule has 0 spiro atoms. The predicted molar refractivity (Wildman–Crippen MR) is 152 cm³/mol. The number of alkyl carbamates (subject to hydrolysis) is 1. The smallest absolute Gasteiger partial charge is 0.408 e. The molecule has 2 amide bonds. The van der Waals surface area contributed by atoms with Crippen molar-refractivity contribution in [1.82, 2.24) is 20.2 Å². The number of hydrogen-bond donors (Lipinski definition) is 1. The van der Waals surface area contributed by atoms with Crippen LogP contribution in [0.25, 0.3) is 17.1 Å². The van der Waals surface area contributed by atoms with Crippen LogP contribution in [0.1, 0.15) is 65.5 Å². The first-order valence-corrected chi connectivity index (χ1v) is 14.1. The van der Waals surface area contributed by atoms with Crippen molar-refractivity contribution in [3.63, 3.8) is 0 Å². The number of carbonyl (C=O) groups excluding carboxylic acids is 3. The Balaban J connectivity index is 1.61. The molecule has 41 heavy (non-hydrogen) atoms. The molecule has 0 bridgehead atoms. The number of nitrogens with one attached hydrogen (secondary N) is 1. The average molecular weight is 569 g/mol. The van der Waals surface area contributed by atoms with Crippen LogP contribution in [0.4, 0.5) is 4.79 Å². The summed E-state index contributed by atoms with van der Waals surface area (Å²) in [5, 5.41) is 2.73. The SMILES string of the molecule is CCC/C=C/c1nc2ccc(OC)cc2nc1O[C@@H]1C[C@@H](C(=O)OC)N(C(=O)[C@@H](NC(=O)OC2CC2)C(C)(C)C)C1. The van der Waals surface area contributed by atoms with Crippen molar-refractivity contribution < 1.29 is 33.3 Å². The van der Waals surface area contributed by atoms with Crippen LogP contribution < -0.4 is 14.8 Å². The molecule has 222 valence electrons. The lowest BCUT2D eigenvalue weighted by Crippen LogP contribution is -2.57. The number of rotatable bonds is 10. The Morgan fingerprint density at radius 3 is 2.51 bits per heavy atom.